The second-order valence-electron chi connectivity index (χ2n) is 8.65. The largest absolute Gasteiger partial charge is 0.379 e. The molecule has 0 bridgehead atoms. The Hall–Kier alpha value is -0.700. The van der Waals surface area contributed by atoms with Crippen molar-refractivity contribution in [2.45, 2.75) is 57.4 Å². The van der Waals surface area contributed by atoms with Crippen LogP contribution in [-0.4, -0.2) is 93.2 Å². The lowest BCUT2D eigenvalue weighted by atomic mass is 10.0. The summed E-state index contributed by atoms with van der Waals surface area (Å²) in [5.41, 5.74) is 0. The van der Waals surface area contributed by atoms with Crippen molar-refractivity contribution in [2.24, 2.45) is 5.92 Å². The number of morpholine rings is 1. The fourth-order valence-corrected chi connectivity index (χ4v) is 6.06. The average molecular weight is 416 g/mol. The lowest BCUT2D eigenvalue weighted by molar-refractivity contribution is -0.130. The fourth-order valence-electron chi connectivity index (χ4n) is 4.88. The number of rotatable bonds is 9. The molecule has 3 fully saturated rings. The van der Waals surface area contributed by atoms with E-state index in [0.29, 0.717) is 26.1 Å². The first-order chi connectivity index (χ1) is 13.4. The number of carbonyl (C=O) groups excluding carboxylic acids is 1. The molecule has 0 unspecified atom stereocenters. The molecule has 2 heterocycles. The van der Waals surface area contributed by atoms with E-state index in [0.717, 1.165) is 58.0 Å². The third-order valence-corrected chi connectivity index (χ3v) is 7.88. The molecule has 28 heavy (non-hydrogen) atoms. The van der Waals surface area contributed by atoms with Crippen LogP contribution in [0.15, 0.2) is 0 Å². The Morgan fingerprint density at radius 3 is 2.50 bits per heavy atom. The van der Waals surface area contributed by atoms with Crippen LogP contribution in [0.2, 0.25) is 0 Å². The Balaban J connectivity index is 1.45. The first-order valence-corrected chi connectivity index (χ1v) is 12.8. The van der Waals surface area contributed by atoms with E-state index in [-0.39, 0.29) is 11.9 Å². The van der Waals surface area contributed by atoms with Crippen molar-refractivity contribution in [1.82, 2.24) is 14.1 Å². The third-order valence-electron chi connectivity index (χ3n) is 6.55. The standard InChI is InChI=1S/C20H37N3O4S/c1-28(25,26)23(11-4-10-21-13-15-27-16-14-21)19-9-12-22(17-19)20(24)8-7-18-5-2-3-6-18/h18-19H,2-17H2,1H3/t19-/m0/s1. The van der Waals surface area contributed by atoms with E-state index in [4.69, 9.17) is 4.74 Å². The van der Waals surface area contributed by atoms with Gasteiger partial charge in [0.25, 0.3) is 0 Å². The van der Waals surface area contributed by atoms with E-state index in [9.17, 15) is 13.2 Å². The highest BCUT2D eigenvalue weighted by Crippen LogP contribution is 2.29. The molecule has 0 aromatic carbocycles. The van der Waals surface area contributed by atoms with Crippen molar-refractivity contribution in [1.29, 1.82) is 0 Å². The molecule has 0 spiro atoms. The summed E-state index contributed by atoms with van der Waals surface area (Å²) in [5, 5.41) is 0. The van der Waals surface area contributed by atoms with Gasteiger partial charge in [-0.25, -0.2) is 8.42 Å². The van der Waals surface area contributed by atoms with E-state index >= 15 is 0 Å². The van der Waals surface area contributed by atoms with Gasteiger partial charge in [0.15, 0.2) is 0 Å². The zero-order chi connectivity index (χ0) is 20.0. The quantitative estimate of drug-likeness (QED) is 0.571. The maximum atomic E-state index is 12.6. The van der Waals surface area contributed by atoms with E-state index in [2.05, 4.69) is 4.90 Å². The summed E-state index contributed by atoms with van der Waals surface area (Å²) in [7, 11) is -3.27. The van der Waals surface area contributed by atoms with Gasteiger partial charge >= 0.3 is 0 Å². The van der Waals surface area contributed by atoms with Crippen LogP contribution in [0.4, 0.5) is 0 Å². The van der Waals surface area contributed by atoms with E-state index in [1.807, 2.05) is 4.90 Å². The zero-order valence-corrected chi connectivity index (χ0v) is 18.2. The number of ether oxygens (including phenoxy) is 1. The van der Waals surface area contributed by atoms with Gasteiger partial charge in [-0.05, 0) is 31.7 Å². The minimum absolute atomic E-state index is 0.0740. The summed E-state index contributed by atoms with van der Waals surface area (Å²) in [6.07, 6.45) is 9.62. The topological polar surface area (TPSA) is 70.2 Å². The predicted molar refractivity (Wildman–Crippen MR) is 110 cm³/mol. The summed E-state index contributed by atoms with van der Waals surface area (Å²) < 4.78 is 31.7. The molecule has 0 aromatic rings. The fraction of sp³-hybridized carbons (Fsp3) is 0.950. The SMILES string of the molecule is CS(=O)(=O)N(CCCN1CCOCC1)[C@H]1CCN(C(=O)CCC2CCCC2)C1. The van der Waals surface area contributed by atoms with Gasteiger partial charge in [-0.2, -0.15) is 4.31 Å². The minimum Gasteiger partial charge on any atom is -0.379 e. The van der Waals surface area contributed by atoms with Crippen LogP contribution < -0.4 is 0 Å². The first kappa shape index (κ1) is 22.0. The lowest BCUT2D eigenvalue weighted by Crippen LogP contribution is -2.44. The van der Waals surface area contributed by atoms with Gasteiger partial charge in [-0.1, -0.05) is 25.7 Å². The molecule has 0 aromatic heterocycles. The molecule has 1 saturated carbocycles. The molecule has 3 rings (SSSR count). The van der Waals surface area contributed by atoms with Crippen LogP contribution in [0.1, 0.15) is 51.4 Å². The molecule has 8 heteroatoms. The van der Waals surface area contributed by atoms with Gasteiger partial charge in [-0.15, -0.1) is 0 Å². The Kier molecular flexibility index (Phi) is 8.14. The monoisotopic (exact) mass is 415 g/mol. The predicted octanol–water partition coefficient (Wildman–Crippen LogP) is 1.54. The molecule has 0 radical (unpaired) electrons. The molecule has 3 aliphatic rings. The van der Waals surface area contributed by atoms with Crippen molar-refractivity contribution in [2.75, 3.05) is 58.7 Å². The molecule has 2 aliphatic heterocycles. The third kappa shape index (κ3) is 6.40. The Morgan fingerprint density at radius 2 is 1.82 bits per heavy atom. The van der Waals surface area contributed by atoms with E-state index < -0.39 is 10.0 Å². The highest BCUT2D eigenvalue weighted by molar-refractivity contribution is 7.88. The second-order valence-corrected chi connectivity index (χ2v) is 10.6. The smallest absolute Gasteiger partial charge is 0.222 e. The van der Waals surface area contributed by atoms with Crippen molar-refractivity contribution >= 4 is 15.9 Å². The van der Waals surface area contributed by atoms with Gasteiger partial charge in [0.2, 0.25) is 15.9 Å². The summed E-state index contributed by atoms with van der Waals surface area (Å²) in [6.45, 7) is 6.03. The van der Waals surface area contributed by atoms with Gasteiger partial charge in [-0.3, -0.25) is 9.69 Å². The number of carbonyl (C=O) groups is 1. The summed E-state index contributed by atoms with van der Waals surface area (Å²) in [6, 6.07) is -0.0740. The highest BCUT2D eigenvalue weighted by Gasteiger charge is 2.34. The number of likely N-dealkylation sites (tertiary alicyclic amines) is 1. The zero-order valence-electron chi connectivity index (χ0n) is 17.4. The normalized spacial score (nSPS) is 25.1. The Labute approximate surface area is 170 Å². The molecule has 7 nitrogen and oxygen atoms in total. The molecule has 1 aliphatic carbocycles. The van der Waals surface area contributed by atoms with Crippen molar-refractivity contribution < 1.29 is 17.9 Å². The van der Waals surface area contributed by atoms with Gasteiger partial charge < -0.3 is 9.64 Å². The van der Waals surface area contributed by atoms with Crippen LogP contribution in [0.5, 0.6) is 0 Å². The molecule has 162 valence electrons. The molecule has 2 saturated heterocycles. The number of nitrogens with zero attached hydrogens (tertiary/aromatic N) is 3. The number of sulfonamides is 1. The second kappa shape index (κ2) is 10.4. The number of amides is 1. The maximum absolute atomic E-state index is 12.6. The summed E-state index contributed by atoms with van der Waals surface area (Å²) in [4.78, 5) is 16.8. The molecule has 1 atom stereocenters. The Morgan fingerprint density at radius 1 is 1.11 bits per heavy atom. The maximum Gasteiger partial charge on any atom is 0.222 e. The minimum atomic E-state index is -3.27. The van der Waals surface area contributed by atoms with Crippen molar-refractivity contribution in [3.63, 3.8) is 0 Å². The van der Waals surface area contributed by atoms with E-state index in [1.54, 1.807) is 4.31 Å². The highest BCUT2D eigenvalue weighted by atomic mass is 32.2. The summed E-state index contributed by atoms with van der Waals surface area (Å²) >= 11 is 0. The average Bonchev–Trinajstić information content (AvgIpc) is 3.35. The first-order valence-electron chi connectivity index (χ1n) is 11.0. The van der Waals surface area contributed by atoms with Crippen LogP contribution in [0.25, 0.3) is 0 Å². The lowest BCUT2D eigenvalue weighted by Gasteiger charge is -2.30. The molecular weight excluding hydrogens is 378 g/mol. The van der Waals surface area contributed by atoms with Crippen LogP contribution in [0, 0.1) is 5.92 Å². The number of hydrogen-bond acceptors (Lipinski definition) is 5. The summed E-state index contributed by atoms with van der Waals surface area (Å²) in [5.74, 6) is 0.922. The van der Waals surface area contributed by atoms with Crippen LogP contribution in [0.3, 0.4) is 0 Å². The molecule has 1 amide bonds. The number of hydrogen-bond donors (Lipinski definition) is 0. The van der Waals surface area contributed by atoms with E-state index in [1.165, 1.54) is 31.9 Å². The van der Waals surface area contributed by atoms with Gasteiger partial charge in [0, 0.05) is 45.2 Å². The molecule has 0 N–H and O–H groups in total. The Bertz CT molecular complexity index is 601. The van der Waals surface area contributed by atoms with Crippen molar-refractivity contribution in [3.8, 4) is 0 Å². The van der Waals surface area contributed by atoms with Crippen LogP contribution >= 0.6 is 0 Å². The van der Waals surface area contributed by atoms with Crippen molar-refractivity contribution in [3.05, 3.63) is 0 Å². The van der Waals surface area contributed by atoms with Gasteiger partial charge in [0.1, 0.15) is 0 Å². The molecular formula is C20H37N3O4S. The van der Waals surface area contributed by atoms with Crippen LogP contribution in [-0.2, 0) is 19.6 Å². The van der Waals surface area contributed by atoms with Gasteiger partial charge in [0.05, 0.1) is 19.5 Å².